The van der Waals surface area contributed by atoms with Crippen LogP contribution >= 0.6 is 0 Å². The standard InChI is InChI=1S/C18H31NO5/c1-17(2,3)24-14(20)9-10-18(4,5)19-15(21)12-7-6-8-13(11-12)16(22)23/h12-13H,6-11H2,1-5H3,(H,19,21)(H,22,23). The molecule has 138 valence electrons. The molecule has 2 N–H and O–H groups in total. The number of rotatable bonds is 6. The van der Waals surface area contributed by atoms with E-state index in [1.165, 1.54) is 0 Å². The van der Waals surface area contributed by atoms with Crippen molar-refractivity contribution >= 4 is 17.8 Å². The Kier molecular flexibility index (Phi) is 6.81. The van der Waals surface area contributed by atoms with E-state index in [1.54, 1.807) is 0 Å². The van der Waals surface area contributed by atoms with E-state index in [9.17, 15) is 14.4 Å². The third kappa shape index (κ3) is 7.32. The second-order valence-electron chi connectivity index (χ2n) is 8.36. The van der Waals surface area contributed by atoms with Gasteiger partial charge >= 0.3 is 11.9 Å². The summed E-state index contributed by atoms with van der Waals surface area (Å²) in [6.45, 7) is 9.19. The molecule has 0 aliphatic heterocycles. The Hall–Kier alpha value is -1.59. The van der Waals surface area contributed by atoms with Gasteiger partial charge in [-0.1, -0.05) is 6.42 Å². The lowest BCUT2D eigenvalue weighted by Crippen LogP contribution is -2.47. The summed E-state index contributed by atoms with van der Waals surface area (Å²) in [7, 11) is 0. The molecule has 0 spiro atoms. The summed E-state index contributed by atoms with van der Waals surface area (Å²) in [6, 6.07) is 0. The van der Waals surface area contributed by atoms with Crippen LogP contribution in [-0.4, -0.2) is 34.1 Å². The summed E-state index contributed by atoms with van der Waals surface area (Å²) in [6.07, 6.45) is 3.21. The molecule has 0 aromatic heterocycles. The van der Waals surface area contributed by atoms with E-state index in [-0.39, 0.29) is 24.2 Å². The molecule has 1 aliphatic rings. The molecule has 2 atom stereocenters. The molecule has 1 amide bonds. The van der Waals surface area contributed by atoms with Gasteiger partial charge < -0.3 is 15.2 Å². The summed E-state index contributed by atoms with van der Waals surface area (Å²) in [4.78, 5) is 35.4. The number of hydrogen-bond donors (Lipinski definition) is 2. The Morgan fingerprint density at radius 3 is 2.21 bits per heavy atom. The molecule has 0 aromatic carbocycles. The molecule has 1 rings (SSSR count). The number of amides is 1. The number of nitrogens with one attached hydrogen (secondary N) is 1. The predicted octanol–water partition coefficient (Wildman–Crippen LogP) is 2.89. The van der Waals surface area contributed by atoms with Crippen molar-refractivity contribution < 1.29 is 24.2 Å². The van der Waals surface area contributed by atoms with Gasteiger partial charge in [-0.3, -0.25) is 14.4 Å². The van der Waals surface area contributed by atoms with E-state index >= 15 is 0 Å². The normalized spacial score (nSPS) is 21.9. The molecule has 24 heavy (non-hydrogen) atoms. The fourth-order valence-electron chi connectivity index (χ4n) is 2.96. The number of esters is 1. The Bertz CT molecular complexity index is 478. The SMILES string of the molecule is CC(C)(CCC(=O)OC(C)(C)C)NC(=O)C1CCCC(C(=O)O)C1. The molecule has 0 heterocycles. The number of ether oxygens (including phenoxy) is 1. The molecule has 0 saturated heterocycles. The van der Waals surface area contributed by atoms with Gasteiger partial charge in [-0.2, -0.15) is 0 Å². The molecular weight excluding hydrogens is 310 g/mol. The van der Waals surface area contributed by atoms with Gasteiger partial charge in [0.05, 0.1) is 5.92 Å². The van der Waals surface area contributed by atoms with Gasteiger partial charge in [0.25, 0.3) is 0 Å². The second-order valence-corrected chi connectivity index (χ2v) is 8.36. The van der Waals surface area contributed by atoms with Crippen LogP contribution in [0.2, 0.25) is 0 Å². The molecular formula is C18H31NO5. The fraction of sp³-hybridized carbons (Fsp3) is 0.833. The van der Waals surface area contributed by atoms with Crippen molar-refractivity contribution in [3.05, 3.63) is 0 Å². The first-order valence-electron chi connectivity index (χ1n) is 8.66. The van der Waals surface area contributed by atoms with E-state index in [1.807, 2.05) is 34.6 Å². The lowest BCUT2D eigenvalue weighted by Gasteiger charge is -2.31. The van der Waals surface area contributed by atoms with Gasteiger partial charge in [0, 0.05) is 17.9 Å². The number of aliphatic carboxylic acids is 1. The average Bonchev–Trinajstić information content (AvgIpc) is 2.43. The molecule has 6 heteroatoms. The molecule has 1 aliphatic carbocycles. The van der Waals surface area contributed by atoms with Gasteiger partial charge in [-0.05, 0) is 60.3 Å². The molecule has 6 nitrogen and oxygen atoms in total. The van der Waals surface area contributed by atoms with Crippen LogP contribution in [0.15, 0.2) is 0 Å². The highest BCUT2D eigenvalue weighted by Crippen LogP contribution is 2.30. The molecule has 1 saturated carbocycles. The fourth-order valence-corrected chi connectivity index (χ4v) is 2.96. The van der Waals surface area contributed by atoms with Crippen molar-refractivity contribution in [1.82, 2.24) is 5.32 Å². The quantitative estimate of drug-likeness (QED) is 0.725. The summed E-state index contributed by atoms with van der Waals surface area (Å²) >= 11 is 0. The summed E-state index contributed by atoms with van der Waals surface area (Å²) < 4.78 is 5.28. The van der Waals surface area contributed by atoms with Gasteiger partial charge in [-0.25, -0.2) is 0 Å². The highest BCUT2D eigenvalue weighted by molar-refractivity contribution is 5.81. The van der Waals surface area contributed by atoms with Crippen LogP contribution in [0.1, 0.15) is 73.1 Å². The molecule has 0 bridgehead atoms. The number of carbonyl (C=O) groups excluding carboxylic acids is 2. The van der Waals surface area contributed by atoms with Crippen LogP contribution in [-0.2, 0) is 19.1 Å². The van der Waals surface area contributed by atoms with Gasteiger partial charge in [0.15, 0.2) is 0 Å². The van der Waals surface area contributed by atoms with E-state index in [0.717, 1.165) is 12.8 Å². The first-order valence-corrected chi connectivity index (χ1v) is 8.66. The topological polar surface area (TPSA) is 92.7 Å². The first-order chi connectivity index (χ1) is 10.9. The summed E-state index contributed by atoms with van der Waals surface area (Å²) in [5.41, 5.74) is -1.05. The van der Waals surface area contributed by atoms with E-state index in [0.29, 0.717) is 19.3 Å². The van der Waals surface area contributed by atoms with Crippen molar-refractivity contribution in [2.75, 3.05) is 0 Å². The largest absolute Gasteiger partial charge is 0.481 e. The van der Waals surface area contributed by atoms with E-state index in [4.69, 9.17) is 9.84 Å². The van der Waals surface area contributed by atoms with Crippen molar-refractivity contribution in [2.45, 2.75) is 84.3 Å². The number of hydrogen-bond acceptors (Lipinski definition) is 4. The Labute approximate surface area is 144 Å². The molecule has 1 fully saturated rings. The number of carboxylic acids is 1. The highest BCUT2D eigenvalue weighted by atomic mass is 16.6. The Morgan fingerprint density at radius 2 is 1.67 bits per heavy atom. The summed E-state index contributed by atoms with van der Waals surface area (Å²) in [5, 5.41) is 12.1. The minimum Gasteiger partial charge on any atom is -0.481 e. The smallest absolute Gasteiger partial charge is 0.306 e. The van der Waals surface area contributed by atoms with Crippen LogP contribution in [0.4, 0.5) is 0 Å². The summed E-state index contributed by atoms with van der Waals surface area (Å²) in [5.74, 6) is -1.92. The molecule has 0 radical (unpaired) electrons. The van der Waals surface area contributed by atoms with Crippen LogP contribution in [0.3, 0.4) is 0 Å². The Morgan fingerprint density at radius 1 is 1.08 bits per heavy atom. The maximum absolute atomic E-state index is 12.4. The van der Waals surface area contributed by atoms with E-state index in [2.05, 4.69) is 5.32 Å². The van der Waals surface area contributed by atoms with Gasteiger partial charge in [0.1, 0.15) is 5.60 Å². The number of carbonyl (C=O) groups is 3. The Balaban J connectivity index is 2.49. The lowest BCUT2D eigenvalue weighted by molar-refractivity contribution is -0.155. The predicted molar refractivity (Wildman–Crippen MR) is 90.4 cm³/mol. The van der Waals surface area contributed by atoms with Crippen LogP contribution < -0.4 is 5.32 Å². The first kappa shape index (κ1) is 20.5. The minimum atomic E-state index is -0.823. The van der Waals surface area contributed by atoms with Crippen molar-refractivity contribution in [1.29, 1.82) is 0 Å². The highest BCUT2D eigenvalue weighted by Gasteiger charge is 2.33. The van der Waals surface area contributed by atoms with Gasteiger partial charge in [-0.15, -0.1) is 0 Å². The van der Waals surface area contributed by atoms with Crippen molar-refractivity contribution in [3.8, 4) is 0 Å². The zero-order chi connectivity index (χ0) is 18.5. The third-order valence-corrected chi connectivity index (χ3v) is 4.23. The van der Waals surface area contributed by atoms with Crippen molar-refractivity contribution in [2.24, 2.45) is 11.8 Å². The second kappa shape index (κ2) is 7.99. The van der Waals surface area contributed by atoms with Crippen LogP contribution in [0, 0.1) is 11.8 Å². The van der Waals surface area contributed by atoms with Crippen LogP contribution in [0.5, 0.6) is 0 Å². The zero-order valence-corrected chi connectivity index (χ0v) is 15.5. The zero-order valence-electron chi connectivity index (χ0n) is 15.5. The van der Waals surface area contributed by atoms with E-state index < -0.39 is 23.0 Å². The minimum absolute atomic E-state index is 0.116. The molecule has 2 unspecified atom stereocenters. The number of carboxylic acid groups (broad SMARTS) is 1. The van der Waals surface area contributed by atoms with Crippen molar-refractivity contribution in [3.63, 3.8) is 0 Å². The maximum Gasteiger partial charge on any atom is 0.306 e. The third-order valence-electron chi connectivity index (χ3n) is 4.23. The van der Waals surface area contributed by atoms with Crippen LogP contribution in [0.25, 0.3) is 0 Å². The average molecular weight is 341 g/mol. The molecule has 0 aromatic rings. The van der Waals surface area contributed by atoms with Gasteiger partial charge in [0.2, 0.25) is 5.91 Å². The monoisotopic (exact) mass is 341 g/mol. The maximum atomic E-state index is 12.4. The lowest BCUT2D eigenvalue weighted by atomic mass is 9.80.